The molecule has 0 spiro atoms. The smallest absolute Gasteiger partial charge is 0.239 e. The molecule has 0 aliphatic carbocycles. The summed E-state index contributed by atoms with van der Waals surface area (Å²) in [5.41, 5.74) is 0.353. The Morgan fingerprint density at radius 2 is 1.86 bits per heavy atom. The number of aryl methyl sites for hydroxylation is 1. The first-order valence-corrected chi connectivity index (χ1v) is 7.53. The van der Waals surface area contributed by atoms with Gasteiger partial charge in [0.1, 0.15) is 5.41 Å². The van der Waals surface area contributed by atoms with Crippen LogP contribution in [0.4, 0.5) is 5.69 Å². The predicted molar refractivity (Wildman–Crippen MR) is 90.2 cm³/mol. The number of amides is 2. The van der Waals surface area contributed by atoms with Gasteiger partial charge in [0, 0.05) is 23.8 Å². The molecule has 0 saturated carbocycles. The molecule has 0 heterocycles. The third-order valence-corrected chi connectivity index (χ3v) is 3.65. The number of anilines is 1. The average Bonchev–Trinajstić information content (AvgIpc) is 2.41. The number of hydrogen-bond donors (Lipinski definition) is 2. The number of rotatable bonds is 6. The Labute approximate surface area is 137 Å². The summed E-state index contributed by atoms with van der Waals surface area (Å²) in [6.07, 6.45) is 0. The Morgan fingerprint density at radius 1 is 1.23 bits per heavy atom. The zero-order valence-corrected chi connectivity index (χ0v) is 14.5. The Hall–Kier alpha value is -1.59. The molecule has 0 unspecified atom stereocenters. The van der Waals surface area contributed by atoms with Crippen LogP contribution in [0.3, 0.4) is 0 Å². The van der Waals surface area contributed by atoms with E-state index in [4.69, 9.17) is 11.6 Å². The third kappa shape index (κ3) is 5.00. The Morgan fingerprint density at radius 3 is 2.41 bits per heavy atom. The summed E-state index contributed by atoms with van der Waals surface area (Å²) in [6, 6.07) is 5.20. The Kier molecular flexibility index (Phi) is 6.38. The summed E-state index contributed by atoms with van der Waals surface area (Å²) in [5, 5.41) is 6.18. The standard InChI is InChI=1S/C16H24ClN3O2/c1-11-10-12(17)6-7-13(11)19-15(22)16(2,3)14(21)18-8-9-20(4)5/h6-7,10H,8-9H2,1-5H3,(H,18,21)(H,19,22). The molecule has 0 fully saturated rings. The molecule has 6 heteroatoms. The maximum Gasteiger partial charge on any atom is 0.239 e. The molecular weight excluding hydrogens is 302 g/mol. The monoisotopic (exact) mass is 325 g/mol. The Bertz CT molecular complexity index is 556. The van der Waals surface area contributed by atoms with Crippen LogP contribution in [0, 0.1) is 12.3 Å². The number of benzene rings is 1. The van der Waals surface area contributed by atoms with E-state index in [1.165, 1.54) is 0 Å². The van der Waals surface area contributed by atoms with Gasteiger partial charge in [-0.2, -0.15) is 0 Å². The van der Waals surface area contributed by atoms with Crippen molar-refractivity contribution in [1.29, 1.82) is 0 Å². The molecule has 5 nitrogen and oxygen atoms in total. The van der Waals surface area contributed by atoms with Crippen molar-refractivity contribution in [1.82, 2.24) is 10.2 Å². The summed E-state index contributed by atoms with van der Waals surface area (Å²) in [7, 11) is 3.85. The van der Waals surface area contributed by atoms with Crippen LogP contribution in [0.2, 0.25) is 5.02 Å². The van der Waals surface area contributed by atoms with Crippen molar-refractivity contribution in [3.63, 3.8) is 0 Å². The van der Waals surface area contributed by atoms with E-state index in [1.54, 1.807) is 32.0 Å². The van der Waals surface area contributed by atoms with Gasteiger partial charge >= 0.3 is 0 Å². The number of likely N-dealkylation sites (N-methyl/N-ethyl adjacent to an activating group) is 1. The van der Waals surface area contributed by atoms with Gasteiger partial charge in [-0.25, -0.2) is 0 Å². The topological polar surface area (TPSA) is 61.4 Å². The van der Waals surface area contributed by atoms with Gasteiger partial charge in [-0.3, -0.25) is 9.59 Å². The van der Waals surface area contributed by atoms with Crippen molar-refractivity contribution >= 4 is 29.1 Å². The molecule has 1 aromatic rings. The van der Waals surface area contributed by atoms with E-state index in [9.17, 15) is 9.59 Å². The fourth-order valence-electron chi connectivity index (χ4n) is 1.76. The number of halogens is 1. The van der Waals surface area contributed by atoms with E-state index < -0.39 is 5.41 Å². The number of carbonyl (C=O) groups is 2. The molecule has 0 atom stereocenters. The maximum absolute atomic E-state index is 12.4. The van der Waals surface area contributed by atoms with Crippen molar-refractivity contribution in [3.8, 4) is 0 Å². The summed E-state index contributed by atoms with van der Waals surface area (Å²) < 4.78 is 0. The highest BCUT2D eigenvalue weighted by Gasteiger charge is 2.36. The lowest BCUT2D eigenvalue weighted by Crippen LogP contribution is -2.46. The summed E-state index contributed by atoms with van der Waals surface area (Å²) in [5.74, 6) is -0.640. The fourth-order valence-corrected chi connectivity index (χ4v) is 1.99. The van der Waals surface area contributed by atoms with Crippen LogP contribution >= 0.6 is 11.6 Å². The lowest BCUT2D eigenvalue weighted by Gasteiger charge is -2.23. The highest BCUT2D eigenvalue weighted by Crippen LogP contribution is 2.23. The number of nitrogens with zero attached hydrogens (tertiary/aromatic N) is 1. The number of carbonyl (C=O) groups excluding carboxylic acids is 2. The van der Waals surface area contributed by atoms with E-state index in [1.807, 2.05) is 25.9 Å². The summed E-state index contributed by atoms with van der Waals surface area (Å²) in [4.78, 5) is 26.6. The molecule has 0 radical (unpaired) electrons. The van der Waals surface area contributed by atoms with Crippen molar-refractivity contribution in [3.05, 3.63) is 28.8 Å². The van der Waals surface area contributed by atoms with Gasteiger partial charge in [0.15, 0.2) is 0 Å². The quantitative estimate of drug-likeness (QED) is 0.789. The number of hydrogen-bond acceptors (Lipinski definition) is 3. The second kappa shape index (κ2) is 7.61. The minimum atomic E-state index is -1.15. The van der Waals surface area contributed by atoms with Gasteiger partial charge in [-0.15, -0.1) is 0 Å². The first kappa shape index (κ1) is 18.5. The average molecular weight is 326 g/mol. The van der Waals surface area contributed by atoms with E-state index in [2.05, 4.69) is 10.6 Å². The largest absolute Gasteiger partial charge is 0.354 e. The van der Waals surface area contributed by atoms with Crippen LogP contribution in [0.25, 0.3) is 0 Å². The zero-order chi connectivity index (χ0) is 16.9. The molecule has 0 bridgehead atoms. The van der Waals surface area contributed by atoms with Crippen LogP contribution in [0.5, 0.6) is 0 Å². The second-order valence-electron chi connectivity index (χ2n) is 6.10. The normalized spacial score (nSPS) is 11.4. The lowest BCUT2D eigenvalue weighted by molar-refractivity contribution is -0.138. The first-order chi connectivity index (χ1) is 10.1. The van der Waals surface area contributed by atoms with Crippen molar-refractivity contribution in [2.75, 3.05) is 32.5 Å². The van der Waals surface area contributed by atoms with Gasteiger partial charge in [-0.1, -0.05) is 11.6 Å². The second-order valence-corrected chi connectivity index (χ2v) is 6.53. The van der Waals surface area contributed by atoms with E-state index >= 15 is 0 Å². The van der Waals surface area contributed by atoms with Gasteiger partial charge in [0.25, 0.3) is 0 Å². The van der Waals surface area contributed by atoms with Crippen molar-refractivity contribution < 1.29 is 9.59 Å². The molecule has 0 aromatic heterocycles. The molecule has 2 N–H and O–H groups in total. The van der Waals surface area contributed by atoms with E-state index in [-0.39, 0.29) is 11.8 Å². The van der Waals surface area contributed by atoms with Gasteiger partial charge in [0.05, 0.1) is 0 Å². The van der Waals surface area contributed by atoms with Gasteiger partial charge in [0.2, 0.25) is 11.8 Å². The van der Waals surface area contributed by atoms with Crippen LogP contribution in [0.15, 0.2) is 18.2 Å². The van der Waals surface area contributed by atoms with E-state index in [0.29, 0.717) is 17.3 Å². The predicted octanol–water partition coefficient (Wildman–Crippen LogP) is 2.29. The molecular formula is C16H24ClN3O2. The minimum Gasteiger partial charge on any atom is -0.354 e. The minimum absolute atomic E-state index is 0.293. The fraction of sp³-hybridized carbons (Fsp3) is 0.500. The Balaban J connectivity index is 2.71. The maximum atomic E-state index is 12.4. The van der Waals surface area contributed by atoms with E-state index in [0.717, 1.165) is 12.1 Å². The van der Waals surface area contributed by atoms with Gasteiger partial charge < -0.3 is 15.5 Å². The molecule has 0 aliphatic rings. The van der Waals surface area contributed by atoms with Gasteiger partial charge in [-0.05, 0) is 58.6 Å². The summed E-state index contributed by atoms with van der Waals surface area (Å²) in [6.45, 7) is 6.30. The lowest BCUT2D eigenvalue weighted by atomic mass is 9.90. The molecule has 1 rings (SSSR count). The molecule has 122 valence electrons. The van der Waals surface area contributed by atoms with Crippen LogP contribution in [0.1, 0.15) is 19.4 Å². The molecule has 0 saturated heterocycles. The van der Waals surface area contributed by atoms with Crippen molar-refractivity contribution in [2.24, 2.45) is 5.41 Å². The molecule has 0 aliphatic heterocycles. The SMILES string of the molecule is Cc1cc(Cl)ccc1NC(=O)C(C)(C)C(=O)NCCN(C)C. The third-order valence-electron chi connectivity index (χ3n) is 3.42. The zero-order valence-electron chi connectivity index (χ0n) is 13.8. The highest BCUT2D eigenvalue weighted by atomic mass is 35.5. The van der Waals surface area contributed by atoms with Crippen LogP contribution in [-0.2, 0) is 9.59 Å². The van der Waals surface area contributed by atoms with Crippen molar-refractivity contribution in [2.45, 2.75) is 20.8 Å². The first-order valence-electron chi connectivity index (χ1n) is 7.15. The molecule has 1 aromatic carbocycles. The summed E-state index contributed by atoms with van der Waals surface area (Å²) >= 11 is 5.90. The highest BCUT2D eigenvalue weighted by molar-refractivity contribution is 6.30. The van der Waals surface area contributed by atoms with Crippen LogP contribution < -0.4 is 10.6 Å². The molecule has 2 amide bonds. The molecule has 22 heavy (non-hydrogen) atoms. The van der Waals surface area contributed by atoms with Crippen LogP contribution in [-0.4, -0.2) is 43.9 Å². The number of nitrogens with one attached hydrogen (secondary N) is 2.